The van der Waals surface area contributed by atoms with Gasteiger partial charge in [0.1, 0.15) is 5.82 Å². The minimum atomic E-state index is 0.619. The smallest absolute Gasteiger partial charge is 0.126 e. The van der Waals surface area contributed by atoms with E-state index in [1.54, 1.807) is 0 Å². The Morgan fingerprint density at radius 2 is 2.00 bits per heavy atom. The van der Waals surface area contributed by atoms with E-state index in [1.165, 1.54) is 10.5 Å². The van der Waals surface area contributed by atoms with Crippen molar-refractivity contribution in [1.82, 2.24) is 4.98 Å². The van der Waals surface area contributed by atoms with Crippen molar-refractivity contribution in [3.63, 3.8) is 0 Å². The number of nitrogens with zero attached hydrogens (tertiary/aromatic N) is 1. The molecule has 0 atom stereocenters. The van der Waals surface area contributed by atoms with Gasteiger partial charge in [-0.2, -0.15) is 0 Å². The summed E-state index contributed by atoms with van der Waals surface area (Å²) >= 11 is 1.81. The molecule has 0 fully saturated rings. The molecule has 0 aliphatic heterocycles. The fourth-order valence-corrected chi connectivity index (χ4v) is 2.25. The van der Waals surface area contributed by atoms with Crippen molar-refractivity contribution in [3.8, 4) is 0 Å². The number of hydrogen-bond acceptors (Lipinski definition) is 3. The molecule has 0 saturated heterocycles. The summed E-state index contributed by atoms with van der Waals surface area (Å²) in [5, 5.41) is 0. The van der Waals surface area contributed by atoms with Crippen LogP contribution in [0.2, 0.25) is 0 Å². The van der Waals surface area contributed by atoms with Crippen molar-refractivity contribution in [3.05, 3.63) is 53.7 Å². The van der Waals surface area contributed by atoms with Gasteiger partial charge in [-0.05, 0) is 30.2 Å². The molecular weight excluding hydrogens is 216 g/mol. The maximum Gasteiger partial charge on any atom is 0.126 e. The maximum atomic E-state index is 5.68. The molecule has 0 aliphatic rings. The van der Waals surface area contributed by atoms with Gasteiger partial charge in [0.2, 0.25) is 0 Å². The lowest BCUT2D eigenvalue weighted by Gasteiger charge is -2.04. The zero-order valence-corrected chi connectivity index (χ0v) is 10.00. The van der Waals surface area contributed by atoms with Gasteiger partial charge in [-0.15, -0.1) is 11.8 Å². The normalized spacial score (nSPS) is 10.3. The van der Waals surface area contributed by atoms with Crippen LogP contribution in [0, 0.1) is 6.92 Å². The van der Waals surface area contributed by atoms with Gasteiger partial charge < -0.3 is 5.73 Å². The number of pyridine rings is 1. The molecule has 2 N–H and O–H groups in total. The van der Waals surface area contributed by atoms with Gasteiger partial charge in [0, 0.05) is 16.8 Å². The van der Waals surface area contributed by atoms with Crippen LogP contribution in [0.5, 0.6) is 0 Å². The molecule has 1 aromatic carbocycles. The van der Waals surface area contributed by atoms with Crippen LogP contribution in [0.3, 0.4) is 0 Å². The van der Waals surface area contributed by atoms with E-state index in [0.717, 1.165) is 11.3 Å². The average Bonchev–Trinajstić information content (AvgIpc) is 2.32. The second-order valence-corrected chi connectivity index (χ2v) is 4.70. The molecule has 1 aromatic heterocycles. The summed E-state index contributed by atoms with van der Waals surface area (Å²) in [5.41, 5.74) is 7.93. The lowest BCUT2D eigenvalue weighted by atomic mass is 10.2. The zero-order valence-electron chi connectivity index (χ0n) is 9.18. The highest BCUT2D eigenvalue weighted by Crippen LogP contribution is 2.22. The van der Waals surface area contributed by atoms with E-state index in [9.17, 15) is 0 Å². The molecule has 82 valence electrons. The number of nitrogen functional groups attached to an aromatic ring is 1. The minimum Gasteiger partial charge on any atom is -0.383 e. The van der Waals surface area contributed by atoms with Crippen LogP contribution in [0.15, 0.2) is 47.5 Å². The van der Waals surface area contributed by atoms with E-state index in [1.807, 2.05) is 30.9 Å². The highest BCUT2D eigenvalue weighted by Gasteiger charge is 1.99. The Kier molecular flexibility index (Phi) is 3.47. The summed E-state index contributed by atoms with van der Waals surface area (Å²) in [7, 11) is 0. The Labute approximate surface area is 99.9 Å². The SMILES string of the molecule is Cc1cc(CSc2ccccc2)cnc1N. The molecule has 2 nitrogen and oxygen atoms in total. The molecule has 2 rings (SSSR count). The second-order valence-electron chi connectivity index (χ2n) is 3.65. The first-order valence-corrected chi connectivity index (χ1v) is 6.13. The third kappa shape index (κ3) is 2.76. The first kappa shape index (κ1) is 11.0. The standard InChI is InChI=1S/C13H14N2S/c1-10-7-11(8-15-13(10)14)9-16-12-5-3-2-4-6-12/h2-8H,9H2,1H3,(H2,14,15). The Bertz CT molecular complexity index is 469. The van der Waals surface area contributed by atoms with Crippen LogP contribution < -0.4 is 5.73 Å². The molecule has 0 aliphatic carbocycles. The summed E-state index contributed by atoms with van der Waals surface area (Å²) in [6, 6.07) is 12.4. The summed E-state index contributed by atoms with van der Waals surface area (Å²) in [6.45, 7) is 1.99. The molecule has 2 aromatic rings. The highest BCUT2D eigenvalue weighted by molar-refractivity contribution is 7.98. The van der Waals surface area contributed by atoms with Gasteiger partial charge in [-0.25, -0.2) is 4.98 Å². The summed E-state index contributed by atoms with van der Waals surface area (Å²) in [5.74, 6) is 1.55. The molecule has 16 heavy (non-hydrogen) atoms. The number of nitrogens with two attached hydrogens (primary N) is 1. The monoisotopic (exact) mass is 230 g/mol. The third-order valence-electron chi connectivity index (χ3n) is 2.32. The molecule has 0 amide bonds. The topological polar surface area (TPSA) is 38.9 Å². The first-order chi connectivity index (χ1) is 7.75. The van der Waals surface area contributed by atoms with Gasteiger partial charge in [0.15, 0.2) is 0 Å². The van der Waals surface area contributed by atoms with Crippen molar-refractivity contribution < 1.29 is 0 Å². The molecular formula is C13H14N2S. The van der Waals surface area contributed by atoms with Crippen LogP contribution in [0.1, 0.15) is 11.1 Å². The van der Waals surface area contributed by atoms with E-state index in [0.29, 0.717) is 5.82 Å². The number of benzene rings is 1. The van der Waals surface area contributed by atoms with Crippen LogP contribution in [-0.4, -0.2) is 4.98 Å². The predicted molar refractivity (Wildman–Crippen MR) is 69.4 cm³/mol. The molecule has 1 heterocycles. The van der Waals surface area contributed by atoms with Crippen molar-refractivity contribution in [2.75, 3.05) is 5.73 Å². The van der Waals surface area contributed by atoms with E-state index < -0.39 is 0 Å². The largest absolute Gasteiger partial charge is 0.383 e. The molecule has 0 bridgehead atoms. The van der Waals surface area contributed by atoms with Gasteiger partial charge in [-0.3, -0.25) is 0 Å². The zero-order chi connectivity index (χ0) is 11.4. The molecule has 0 unspecified atom stereocenters. The summed E-state index contributed by atoms with van der Waals surface area (Å²) < 4.78 is 0. The second kappa shape index (κ2) is 5.03. The lowest BCUT2D eigenvalue weighted by molar-refractivity contribution is 1.21. The van der Waals surface area contributed by atoms with Crippen LogP contribution >= 0.6 is 11.8 Å². The van der Waals surface area contributed by atoms with Gasteiger partial charge in [0.05, 0.1) is 0 Å². The summed E-state index contributed by atoms with van der Waals surface area (Å²) in [6.07, 6.45) is 1.85. The molecule has 3 heteroatoms. The quantitative estimate of drug-likeness (QED) is 0.822. The predicted octanol–water partition coefficient (Wildman–Crippen LogP) is 3.26. The Morgan fingerprint density at radius 3 is 2.69 bits per heavy atom. The number of thioether (sulfide) groups is 1. The maximum absolute atomic E-state index is 5.68. The molecule has 0 radical (unpaired) electrons. The average molecular weight is 230 g/mol. The van der Waals surface area contributed by atoms with Crippen molar-refractivity contribution in [2.45, 2.75) is 17.6 Å². The van der Waals surface area contributed by atoms with E-state index >= 15 is 0 Å². The lowest BCUT2D eigenvalue weighted by Crippen LogP contribution is -1.95. The van der Waals surface area contributed by atoms with Crippen molar-refractivity contribution in [1.29, 1.82) is 0 Å². The summed E-state index contributed by atoms with van der Waals surface area (Å²) in [4.78, 5) is 5.43. The highest BCUT2D eigenvalue weighted by atomic mass is 32.2. The Balaban J connectivity index is 2.03. The van der Waals surface area contributed by atoms with E-state index in [2.05, 4.69) is 35.3 Å². The minimum absolute atomic E-state index is 0.619. The first-order valence-electron chi connectivity index (χ1n) is 5.14. The number of aromatic nitrogens is 1. The van der Waals surface area contributed by atoms with Gasteiger partial charge in [0.25, 0.3) is 0 Å². The van der Waals surface area contributed by atoms with Crippen LogP contribution in [0.25, 0.3) is 0 Å². The van der Waals surface area contributed by atoms with E-state index in [4.69, 9.17) is 5.73 Å². The number of hydrogen-bond donors (Lipinski definition) is 1. The Hall–Kier alpha value is -1.48. The Morgan fingerprint density at radius 1 is 1.25 bits per heavy atom. The van der Waals surface area contributed by atoms with Gasteiger partial charge in [-0.1, -0.05) is 24.3 Å². The number of rotatable bonds is 3. The number of aryl methyl sites for hydroxylation is 1. The van der Waals surface area contributed by atoms with Crippen molar-refractivity contribution >= 4 is 17.6 Å². The number of anilines is 1. The third-order valence-corrected chi connectivity index (χ3v) is 3.41. The molecule has 0 saturated carbocycles. The van der Waals surface area contributed by atoms with Gasteiger partial charge >= 0.3 is 0 Å². The van der Waals surface area contributed by atoms with E-state index in [-0.39, 0.29) is 0 Å². The van der Waals surface area contributed by atoms with Crippen LogP contribution in [-0.2, 0) is 5.75 Å². The van der Waals surface area contributed by atoms with Crippen molar-refractivity contribution in [2.24, 2.45) is 0 Å². The fraction of sp³-hybridized carbons (Fsp3) is 0.154. The fourth-order valence-electron chi connectivity index (χ4n) is 1.41. The van der Waals surface area contributed by atoms with Crippen LogP contribution in [0.4, 0.5) is 5.82 Å². The molecule has 0 spiro atoms.